The van der Waals surface area contributed by atoms with Gasteiger partial charge < -0.3 is 13.7 Å². The molecule has 0 aliphatic carbocycles. The Hall–Kier alpha value is -17.0. The summed E-state index contributed by atoms with van der Waals surface area (Å²) in [5.41, 5.74) is 25.9. The van der Waals surface area contributed by atoms with Gasteiger partial charge in [0.25, 0.3) is 0 Å². The van der Waals surface area contributed by atoms with Crippen molar-refractivity contribution in [1.29, 1.82) is 0 Å². The summed E-state index contributed by atoms with van der Waals surface area (Å²) in [6.45, 7) is 0. The molecule has 3 heterocycles. The third-order valence-electron chi connectivity index (χ3n) is 26.9. The maximum Gasteiger partial charge on any atom is 0.0546 e. The highest BCUT2D eigenvalue weighted by Gasteiger charge is 2.22. The Morgan fingerprint density at radius 1 is 0.109 bits per heavy atom. The van der Waals surface area contributed by atoms with Crippen molar-refractivity contribution >= 4 is 162 Å². The van der Waals surface area contributed by atoms with Crippen LogP contribution in [0.5, 0.6) is 0 Å². The third kappa shape index (κ3) is 12.7. The minimum absolute atomic E-state index is 1.18. The van der Waals surface area contributed by atoms with E-state index in [0.717, 1.165) is 0 Å². The van der Waals surface area contributed by atoms with Crippen LogP contribution in [0.1, 0.15) is 0 Å². The predicted molar refractivity (Wildman–Crippen MR) is 553 cm³/mol. The predicted octanol–water partition coefficient (Wildman–Crippen LogP) is 34.7. The van der Waals surface area contributed by atoms with Gasteiger partial charge in [-0.1, -0.05) is 394 Å². The average Bonchev–Trinajstić information content (AvgIpc) is 1.75. The molecular formula is C126H81N3. The zero-order valence-corrected chi connectivity index (χ0v) is 70.6. The van der Waals surface area contributed by atoms with E-state index >= 15 is 0 Å². The molecule has 600 valence electrons. The zero-order chi connectivity index (χ0) is 85.0. The molecule has 0 unspecified atom stereocenters. The molecule has 0 fully saturated rings. The van der Waals surface area contributed by atoms with E-state index in [2.05, 4.69) is 505 Å². The number of para-hydroxylation sites is 4. The Morgan fingerprint density at radius 2 is 0.357 bits per heavy atom. The fourth-order valence-electron chi connectivity index (χ4n) is 20.9. The first-order chi connectivity index (χ1) is 64.0. The largest absolute Gasteiger partial charge is 0.309 e. The Kier molecular flexibility index (Phi) is 18.0. The van der Waals surface area contributed by atoms with Gasteiger partial charge in [0, 0.05) is 48.8 Å². The zero-order valence-electron chi connectivity index (χ0n) is 70.6. The van der Waals surface area contributed by atoms with Gasteiger partial charge >= 0.3 is 0 Å². The first kappa shape index (κ1) is 74.6. The van der Waals surface area contributed by atoms with E-state index in [9.17, 15) is 0 Å². The minimum atomic E-state index is 1.18. The van der Waals surface area contributed by atoms with Crippen LogP contribution >= 0.6 is 0 Å². The van der Waals surface area contributed by atoms with Crippen LogP contribution in [0.4, 0.5) is 0 Å². The van der Waals surface area contributed by atoms with Crippen LogP contribution in [-0.2, 0) is 0 Å². The molecule has 3 aromatic heterocycles. The second-order valence-corrected chi connectivity index (χ2v) is 34.1. The van der Waals surface area contributed by atoms with Gasteiger partial charge in [-0.3, -0.25) is 0 Å². The lowest BCUT2D eigenvalue weighted by atomic mass is 9.91. The monoisotopic (exact) mass is 1640 g/mol. The van der Waals surface area contributed by atoms with Gasteiger partial charge in [0.05, 0.1) is 44.5 Å². The highest BCUT2D eigenvalue weighted by molar-refractivity contribution is 6.20. The molecule has 0 N–H and O–H groups in total. The summed E-state index contributed by atoms with van der Waals surface area (Å²) in [4.78, 5) is 0. The number of aromatic nitrogens is 3. The summed E-state index contributed by atoms with van der Waals surface area (Å²) in [5, 5.41) is 30.6. The molecule has 27 rings (SSSR count). The lowest BCUT2D eigenvalue weighted by Gasteiger charge is -2.14. The van der Waals surface area contributed by atoms with Crippen molar-refractivity contribution in [2.24, 2.45) is 0 Å². The lowest BCUT2D eigenvalue weighted by molar-refractivity contribution is 1.18. The van der Waals surface area contributed by atoms with Crippen molar-refractivity contribution in [3.63, 3.8) is 0 Å². The number of nitrogens with zero attached hydrogens (tertiary/aromatic N) is 3. The van der Waals surface area contributed by atoms with E-state index in [0.29, 0.717) is 0 Å². The summed E-state index contributed by atoms with van der Waals surface area (Å²) in [7, 11) is 0. The van der Waals surface area contributed by atoms with Crippen molar-refractivity contribution in [1.82, 2.24) is 13.7 Å². The maximum atomic E-state index is 2.46. The number of fused-ring (bicyclic) bond motifs is 19. The van der Waals surface area contributed by atoms with E-state index in [4.69, 9.17) is 0 Å². The van der Waals surface area contributed by atoms with E-state index in [-0.39, 0.29) is 0 Å². The Morgan fingerprint density at radius 3 is 0.736 bits per heavy atom. The highest BCUT2D eigenvalue weighted by atomic mass is 15.0. The molecular weight excluding hydrogens is 1560 g/mol. The molecule has 0 saturated carbocycles. The average molecular weight is 1640 g/mol. The Bertz CT molecular complexity index is 9000. The van der Waals surface area contributed by atoms with Gasteiger partial charge in [0.15, 0.2) is 0 Å². The van der Waals surface area contributed by atoms with Crippen LogP contribution in [0.2, 0.25) is 0 Å². The van der Waals surface area contributed by atoms with Crippen molar-refractivity contribution in [2.75, 3.05) is 0 Å². The quantitative estimate of drug-likeness (QED) is 0.101. The van der Waals surface area contributed by atoms with Crippen LogP contribution in [0, 0.1) is 0 Å². The summed E-state index contributed by atoms with van der Waals surface area (Å²) in [5.74, 6) is 0. The molecule has 0 spiro atoms. The Balaban J connectivity index is 0.000000105. The molecule has 129 heavy (non-hydrogen) atoms. The molecule has 0 bridgehead atoms. The number of rotatable bonds is 9. The van der Waals surface area contributed by atoms with Gasteiger partial charge in [-0.05, 0) is 250 Å². The van der Waals surface area contributed by atoms with Gasteiger partial charge in [-0.25, -0.2) is 0 Å². The molecule has 0 amide bonds. The molecule has 24 aromatic carbocycles. The van der Waals surface area contributed by atoms with E-state index < -0.39 is 0 Å². The van der Waals surface area contributed by atoms with Crippen molar-refractivity contribution in [3.8, 4) is 83.8 Å². The van der Waals surface area contributed by atoms with Gasteiger partial charge in [0.2, 0.25) is 0 Å². The van der Waals surface area contributed by atoms with Crippen LogP contribution in [0.15, 0.2) is 491 Å². The van der Waals surface area contributed by atoms with Gasteiger partial charge in [-0.2, -0.15) is 0 Å². The fraction of sp³-hybridized carbons (Fsp3) is 0. The summed E-state index contributed by atoms with van der Waals surface area (Å²) >= 11 is 0. The van der Waals surface area contributed by atoms with Crippen LogP contribution in [0.25, 0.3) is 246 Å². The first-order valence-corrected chi connectivity index (χ1v) is 44.6. The van der Waals surface area contributed by atoms with Gasteiger partial charge in [-0.15, -0.1) is 0 Å². The molecule has 0 atom stereocenters. The molecule has 3 heteroatoms. The molecule has 0 aliphatic rings. The normalized spacial score (nSPS) is 11.7. The van der Waals surface area contributed by atoms with Crippen LogP contribution in [0.3, 0.4) is 0 Å². The second-order valence-electron chi connectivity index (χ2n) is 34.1. The Labute approximate surface area is 746 Å². The van der Waals surface area contributed by atoms with Crippen molar-refractivity contribution in [2.45, 2.75) is 0 Å². The minimum Gasteiger partial charge on any atom is -0.309 e. The number of hydrogen-bond donors (Lipinski definition) is 0. The van der Waals surface area contributed by atoms with Gasteiger partial charge in [0.1, 0.15) is 0 Å². The van der Waals surface area contributed by atoms with E-state index in [1.165, 1.54) is 246 Å². The van der Waals surface area contributed by atoms with Crippen molar-refractivity contribution in [3.05, 3.63) is 491 Å². The van der Waals surface area contributed by atoms with Crippen LogP contribution < -0.4 is 0 Å². The lowest BCUT2D eigenvalue weighted by Crippen LogP contribution is -1.96. The highest BCUT2D eigenvalue weighted by Crippen LogP contribution is 2.46. The first-order valence-electron chi connectivity index (χ1n) is 44.6. The molecule has 0 radical (unpaired) electrons. The van der Waals surface area contributed by atoms with E-state index in [1.807, 2.05) is 0 Å². The SMILES string of the molecule is c1ccc(-n2c3ccccc3c3cc(-c4ccc(-c5c6ccccc6cc6ccccc56)cc4)ccc32)cc1.c1ccc2c(-c3ccc(-c4ccc5c(c4)c4ccccc4n5-c4cc5ccccc5c5ccccc45)cc3)c3ccccc3cc2c1.c1ccc2c(-n3c4ccccc4c4cc(-c5ccc(-c6c7ccccc7cc7ccccc67)cc5)ccc43)cccc2c1. The van der Waals surface area contributed by atoms with E-state index in [1.54, 1.807) is 0 Å². The molecule has 0 saturated heterocycles. The number of hydrogen-bond acceptors (Lipinski definition) is 0. The molecule has 3 nitrogen and oxygen atoms in total. The number of benzene rings is 24. The van der Waals surface area contributed by atoms with Crippen molar-refractivity contribution < 1.29 is 0 Å². The topological polar surface area (TPSA) is 14.8 Å². The fourth-order valence-corrected chi connectivity index (χ4v) is 20.9. The van der Waals surface area contributed by atoms with Crippen LogP contribution in [-0.4, -0.2) is 13.7 Å². The standard InChI is InChI=1S/C46H29N.C42H27N.C38H25N/c1-4-14-36-35(13-1)29-45(40-18-8-7-17-39(36)40)47-43-20-10-9-19-41(43)42-28-32(25-26-44(42)47)30-21-23-31(24-22-30)46-37-15-5-2-11-33(37)27-34-12-3-6-16-38(34)46;1-4-14-34-29(10-1)13-9-19-39(34)43-40-18-8-7-17-37(40)38-27-31(24-25-41(38)43)28-20-22-30(23-21-28)42-35-15-5-2-11-32(35)26-33-12-3-6-16-36(33)42;1-2-12-31(13-3-1)39-36-17-9-8-16-34(36)35-25-28(22-23-37(35)39)26-18-20-27(21-19-26)38-32-14-6-4-10-29(32)24-30-11-5-7-15-33(30)38/h1-29H;1-27H;1-25H. The molecule has 0 aliphatic heterocycles. The maximum absolute atomic E-state index is 2.46. The summed E-state index contributed by atoms with van der Waals surface area (Å²) < 4.78 is 7.24. The summed E-state index contributed by atoms with van der Waals surface area (Å²) in [6.07, 6.45) is 0. The summed E-state index contributed by atoms with van der Waals surface area (Å²) in [6, 6.07) is 179. The third-order valence-corrected chi connectivity index (χ3v) is 26.9. The second kappa shape index (κ2) is 31.1. The smallest absolute Gasteiger partial charge is 0.0546 e. The molecule has 27 aromatic rings.